The first kappa shape index (κ1) is 23.8. The largest absolute Gasteiger partial charge is 0.497 e. The molecule has 0 saturated heterocycles. The molecule has 176 valence electrons. The van der Waals surface area contributed by atoms with E-state index < -0.39 is 0 Å². The number of aromatic nitrogens is 1. The van der Waals surface area contributed by atoms with E-state index in [-0.39, 0.29) is 18.0 Å². The summed E-state index contributed by atoms with van der Waals surface area (Å²) in [6.45, 7) is 10.2. The molecule has 0 atom stereocenters. The normalized spacial score (nSPS) is 11.4. The van der Waals surface area contributed by atoms with E-state index in [2.05, 4.69) is 37.3 Å². The number of nitrogens with two attached hydrogens (primary N) is 1. The smallest absolute Gasteiger partial charge is 0.266 e. The van der Waals surface area contributed by atoms with E-state index >= 15 is 0 Å². The van der Waals surface area contributed by atoms with Crippen molar-refractivity contribution >= 4 is 33.1 Å². The number of aryl methyl sites for hydroxylation is 1. The van der Waals surface area contributed by atoms with Crippen molar-refractivity contribution in [1.82, 2.24) is 9.88 Å². The van der Waals surface area contributed by atoms with Gasteiger partial charge in [-0.1, -0.05) is 29.8 Å². The lowest BCUT2D eigenvalue weighted by molar-refractivity contribution is 0.0650. The minimum Gasteiger partial charge on any atom is -0.497 e. The zero-order valence-corrected chi connectivity index (χ0v) is 21.4. The van der Waals surface area contributed by atoms with Crippen molar-refractivity contribution < 1.29 is 9.53 Å². The molecule has 34 heavy (non-hydrogen) atoms. The number of rotatable bonds is 6. The van der Waals surface area contributed by atoms with E-state index in [4.69, 9.17) is 15.5 Å². The van der Waals surface area contributed by atoms with Gasteiger partial charge in [0.1, 0.15) is 15.5 Å². The molecule has 0 spiro atoms. The molecular weight excluding hydrogens is 442 g/mol. The van der Waals surface area contributed by atoms with Crippen LogP contribution in [0.5, 0.6) is 5.75 Å². The number of nitrogens with zero attached hydrogens (tertiary/aromatic N) is 2. The number of carbonyl (C=O) groups is 1. The molecule has 5 nitrogen and oxygen atoms in total. The summed E-state index contributed by atoms with van der Waals surface area (Å²) in [6, 6.07) is 18.4. The van der Waals surface area contributed by atoms with Gasteiger partial charge in [0, 0.05) is 23.0 Å². The van der Waals surface area contributed by atoms with E-state index in [1.807, 2.05) is 56.9 Å². The van der Waals surface area contributed by atoms with Crippen molar-refractivity contribution in [3.05, 3.63) is 65.0 Å². The first-order chi connectivity index (χ1) is 16.2. The fraction of sp³-hybridized carbons (Fsp3) is 0.286. The number of pyridine rings is 1. The Morgan fingerprint density at radius 2 is 1.56 bits per heavy atom. The number of thiophene rings is 1. The average Bonchev–Trinajstić information content (AvgIpc) is 3.15. The summed E-state index contributed by atoms with van der Waals surface area (Å²) < 4.78 is 5.31. The first-order valence-electron chi connectivity index (χ1n) is 11.5. The number of fused-ring (bicyclic) bond motifs is 1. The van der Waals surface area contributed by atoms with Gasteiger partial charge in [-0.05, 0) is 76.1 Å². The SMILES string of the molecule is COc1ccc(-c2cc(-c3ccc(C)cc3)c3c(N)c(C(=O)N(C(C)C)C(C)C)sc3n2)cc1. The zero-order valence-electron chi connectivity index (χ0n) is 20.5. The van der Waals surface area contributed by atoms with Crippen LogP contribution in [-0.2, 0) is 0 Å². The van der Waals surface area contributed by atoms with E-state index in [1.54, 1.807) is 7.11 Å². The second kappa shape index (κ2) is 9.47. The molecule has 0 bridgehead atoms. The highest BCUT2D eigenvalue weighted by atomic mass is 32.1. The Morgan fingerprint density at radius 1 is 0.971 bits per heavy atom. The Kier molecular flexibility index (Phi) is 6.62. The molecule has 2 aromatic carbocycles. The standard InChI is InChI=1S/C28H31N3O2S/c1-16(2)31(17(3)4)28(32)26-25(29)24-22(19-9-7-18(5)8-10-19)15-23(30-27(24)34-26)20-11-13-21(33-6)14-12-20/h7-17H,29H2,1-6H3. The van der Waals surface area contributed by atoms with Crippen LogP contribution in [0.15, 0.2) is 54.6 Å². The number of hydrogen-bond donors (Lipinski definition) is 1. The van der Waals surface area contributed by atoms with Crippen LogP contribution < -0.4 is 10.5 Å². The zero-order chi connectivity index (χ0) is 24.6. The van der Waals surface area contributed by atoms with Crippen molar-refractivity contribution in [3.63, 3.8) is 0 Å². The summed E-state index contributed by atoms with van der Waals surface area (Å²) in [7, 11) is 1.65. The third-order valence-corrected chi connectivity index (χ3v) is 7.08. The highest BCUT2D eigenvalue weighted by molar-refractivity contribution is 7.21. The van der Waals surface area contributed by atoms with Crippen molar-refractivity contribution in [2.24, 2.45) is 0 Å². The number of hydrogen-bond acceptors (Lipinski definition) is 5. The van der Waals surface area contributed by atoms with Gasteiger partial charge in [-0.2, -0.15) is 0 Å². The summed E-state index contributed by atoms with van der Waals surface area (Å²) in [5.74, 6) is 0.741. The number of benzene rings is 2. The fourth-order valence-electron chi connectivity index (χ4n) is 4.33. The Balaban J connectivity index is 1.95. The third kappa shape index (κ3) is 4.38. The number of methoxy groups -OCH3 is 1. The predicted octanol–water partition coefficient (Wildman–Crippen LogP) is 6.79. The molecular formula is C28H31N3O2S. The summed E-state index contributed by atoms with van der Waals surface area (Å²) in [5.41, 5.74) is 12.2. The van der Waals surface area contributed by atoms with E-state index in [1.165, 1.54) is 16.9 Å². The van der Waals surface area contributed by atoms with Crippen LogP contribution in [0, 0.1) is 6.92 Å². The van der Waals surface area contributed by atoms with Crippen LogP contribution >= 0.6 is 11.3 Å². The van der Waals surface area contributed by atoms with Gasteiger partial charge in [-0.15, -0.1) is 11.3 Å². The molecule has 2 aromatic heterocycles. The number of nitrogen functional groups attached to an aromatic ring is 1. The van der Waals surface area contributed by atoms with Crippen LogP contribution in [-0.4, -0.2) is 35.0 Å². The predicted molar refractivity (Wildman–Crippen MR) is 143 cm³/mol. The molecule has 0 radical (unpaired) electrons. The minimum absolute atomic E-state index is 0.0497. The topological polar surface area (TPSA) is 68.5 Å². The van der Waals surface area contributed by atoms with Crippen LogP contribution in [0.4, 0.5) is 5.69 Å². The van der Waals surface area contributed by atoms with Gasteiger partial charge in [0.15, 0.2) is 0 Å². The number of anilines is 1. The molecule has 6 heteroatoms. The van der Waals surface area contributed by atoms with Gasteiger partial charge in [-0.3, -0.25) is 4.79 Å². The van der Waals surface area contributed by atoms with Crippen LogP contribution in [0.25, 0.3) is 32.6 Å². The van der Waals surface area contributed by atoms with Crippen molar-refractivity contribution in [3.8, 4) is 28.1 Å². The second-order valence-corrected chi connectivity index (χ2v) is 10.1. The van der Waals surface area contributed by atoms with Crippen molar-refractivity contribution in [1.29, 1.82) is 0 Å². The first-order valence-corrected chi connectivity index (χ1v) is 12.3. The highest BCUT2D eigenvalue weighted by Gasteiger charge is 2.28. The molecule has 2 N–H and O–H groups in total. The van der Waals surface area contributed by atoms with Gasteiger partial charge in [0.2, 0.25) is 0 Å². The summed E-state index contributed by atoms with van der Waals surface area (Å²) in [4.78, 5) is 21.7. The van der Waals surface area contributed by atoms with Crippen LogP contribution in [0.3, 0.4) is 0 Å². The van der Waals surface area contributed by atoms with Crippen LogP contribution in [0.2, 0.25) is 0 Å². The molecule has 2 heterocycles. The fourth-order valence-corrected chi connectivity index (χ4v) is 5.40. The van der Waals surface area contributed by atoms with Gasteiger partial charge in [0.25, 0.3) is 5.91 Å². The van der Waals surface area contributed by atoms with E-state index in [9.17, 15) is 4.79 Å². The number of amides is 1. The number of ether oxygens (including phenoxy) is 1. The lowest BCUT2D eigenvalue weighted by atomic mass is 9.98. The Bertz CT molecular complexity index is 1310. The summed E-state index contributed by atoms with van der Waals surface area (Å²) in [6.07, 6.45) is 0. The molecule has 0 saturated carbocycles. The monoisotopic (exact) mass is 473 g/mol. The Hall–Kier alpha value is -3.38. The average molecular weight is 474 g/mol. The molecule has 0 fully saturated rings. The minimum atomic E-state index is -0.0497. The molecule has 0 unspecified atom stereocenters. The highest BCUT2D eigenvalue weighted by Crippen LogP contribution is 2.42. The molecule has 0 aliphatic carbocycles. The number of carbonyl (C=O) groups excluding carboxylic acids is 1. The van der Waals surface area contributed by atoms with Gasteiger partial charge >= 0.3 is 0 Å². The Morgan fingerprint density at radius 3 is 2.12 bits per heavy atom. The Labute approximate surface area is 205 Å². The molecule has 4 rings (SSSR count). The van der Waals surface area contributed by atoms with E-state index in [0.717, 1.165) is 38.4 Å². The van der Waals surface area contributed by atoms with Crippen molar-refractivity contribution in [2.75, 3.05) is 12.8 Å². The molecule has 4 aromatic rings. The quantitative estimate of drug-likeness (QED) is 0.335. The maximum Gasteiger partial charge on any atom is 0.266 e. The van der Waals surface area contributed by atoms with Gasteiger partial charge in [-0.25, -0.2) is 4.98 Å². The molecule has 0 aliphatic heterocycles. The summed E-state index contributed by atoms with van der Waals surface area (Å²) >= 11 is 1.37. The van der Waals surface area contributed by atoms with Crippen LogP contribution in [0.1, 0.15) is 42.9 Å². The van der Waals surface area contributed by atoms with E-state index in [0.29, 0.717) is 10.6 Å². The third-order valence-electron chi connectivity index (χ3n) is 5.99. The maximum absolute atomic E-state index is 13.6. The van der Waals surface area contributed by atoms with Gasteiger partial charge in [0.05, 0.1) is 18.5 Å². The van der Waals surface area contributed by atoms with Gasteiger partial charge < -0.3 is 15.4 Å². The lowest BCUT2D eigenvalue weighted by Crippen LogP contribution is -2.41. The summed E-state index contributed by atoms with van der Waals surface area (Å²) in [5, 5.41) is 0.835. The second-order valence-electron chi connectivity index (χ2n) is 9.07. The van der Waals surface area contributed by atoms with Crippen molar-refractivity contribution in [2.45, 2.75) is 46.7 Å². The molecule has 1 amide bonds. The lowest BCUT2D eigenvalue weighted by Gasteiger charge is -2.30. The maximum atomic E-state index is 13.6. The molecule has 0 aliphatic rings.